The van der Waals surface area contributed by atoms with Gasteiger partial charge in [-0.1, -0.05) is 27.9 Å². The van der Waals surface area contributed by atoms with E-state index in [0.717, 1.165) is 34.8 Å². The van der Waals surface area contributed by atoms with Crippen LogP contribution < -0.4 is 21.9 Å². The molecule has 3 heterocycles. The number of rotatable bonds is 4. The lowest BCUT2D eigenvalue weighted by atomic mass is 10.1. The first kappa shape index (κ1) is 21.3. The minimum absolute atomic E-state index is 0.0267. The highest BCUT2D eigenvalue weighted by molar-refractivity contribution is 9.10. The molecule has 1 fully saturated rings. The van der Waals surface area contributed by atoms with E-state index in [1.54, 1.807) is 11.5 Å². The van der Waals surface area contributed by atoms with Crippen LogP contribution in [-0.4, -0.2) is 33.2 Å². The Hall–Kier alpha value is -2.89. The Morgan fingerprint density at radius 2 is 2.03 bits per heavy atom. The van der Waals surface area contributed by atoms with Crippen molar-refractivity contribution in [1.29, 1.82) is 0 Å². The molecule has 0 radical (unpaired) electrons. The molecule has 3 aromatic rings. The zero-order valence-electron chi connectivity index (χ0n) is 17.3. The van der Waals surface area contributed by atoms with Gasteiger partial charge < -0.3 is 10.6 Å². The smallest absolute Gasteiger partial charge is 0.333 e. The Morgan fingerprint density at radius 1 is 1.19 bits per heavy atom. The normalized spacial score (nSPS) is 16.2. The molecule has 2 N–H and O–H groups in total. The molecule has 4 rings (SSSR count). The van der Waals surface area contributed by atoms with Crippen LogP contribution in [0.5, 0.6) is 0 Å². The number of aromatic nitrogens is 3. The van der Waals surface area contributed by atoms with Gasteiger partial charge in [0.1, 0.15) is 5.82 Å². The van der Waals surface area contributed by atoms with Gasteiger partial charge in [0.05, 0.1) is 24.3 Å². The van der Waals surface area contributed by atoms with Crippen molar-refractivity contribution in [3.05, 3.63) is 67.4 Å². The molecule has 31 heavy (non-hydrogen) atoms. The van der Waals surface area contributed by atoms with Crippen LogP contribution in [0.4, 0.5) is 5.82 Å². The minimum Gasteiger partial charge on any atom is -0.356 e. The van der Waals surface area contributed by atoms with Crippen LogP contribution in [0.15, 0.2) is 50.5 Å². The van der Waals surface area contributed by atoms with Crippen molar-refractivity contribution in [1.82, 2.24) is 14.1 Å². The van der Waals surface area contributed by atoms with Crippen LogP contribution in [0.1, 0.15) is 25.5 Å². The quantitative estimate of drug-likeness (QED) is 0.577. The van der Waals surface area contributed by atoms with Crippen LogP contribution in [0.25, 0.3) is 10.9 Å². The number of anilines is 1. The summed E-state index contributed by atoms with van der Waals surface area (Å²) in [5.74, 6) is 6.37. The van der Waals surface area contributed by atoms with Gasteiger partial charge in [0.25, 0.3) is 5.56 Å². The predicted octanol–water partition coefficient (Wildman–Crippen LogP) is 2.32. The van der Waals surface area contributed by atoms with Crippen LogP contribution >= 0.6 is 15.9 Å². The predicted molar refractivity (Wildman–Crippen MR) is 126 cm³/mol. The van der Waals surface area contributed by atoms with Gasteiger partial charge in [0.15, 0.2) is 0 Å². The number of hydrogen-bond donors (Lipinski definition) is 1. The molecule has 8 heteroatoms. The lowest BCUT2D eigenvalue weighted by Gasteiger charge is -2.33. The Labute approximate surface area is 188 Å². The summed E-state index contributed by atoms with van der Waals surface area (Å²) < 4.78 is 3.75. The van der Waals surface area contributed by atoms with E-state index in [2.05, 4.69) is 32.8 Å². The molecule has 1 saturated heterocycles. The summed E-state index contributed by atoms with van der Waals surface area (Å²) in [4.78, 5) is 32.9. The second-order valence-corrected chi connectivity index (χ2v) is 8.63. The molecule has 1 aliphatic rings. The van der Waals surface area contributed by atoms with Gasteiger partial charge in [0, 0.05) is 35.1 Å². The largest absolute Gasteiger partial charge is 0.356 e. The molecule has 0 saturated carbocycles. The number of fused-ring (bicyclic) bond motifs is 1. The van der Waals surface area contributed by atoms with Gasteiger partial charge in [0.2, 0.25) is 0 Å². The molecule has 1 aliphatic heterocycles. The topological polar surface area (TPSA) is 86.2 Å². The maximum absolute atomic E-state index is 13.3. The summed E-state index contributed by atoms with van der Waals surface area (Å²) in [6.07, 6.45) is 1.87. The Morgan fingerprint density at radius 3 is 2.81 bits per heavy atom. The first-order chi connectivity index (χ1) is 15.0. The average Bonchev–Trinajstić information content (AvgIpc) is 2.75. The molecule has 160 valence electrons. The van der Waals surface area contributed by atoms with E-state index in [0.29, 0.717) is 18.1 Å². The molecule has 1 atom stereocenters. The third-order valence-corrected chi connectivity index (χ3v) is 5.98. The number of hydrogen-bond acceptors (Lipinski definition) is 5. The van der Waals surface area contributed by atoms with Crippen LogP contribution in [0.2, 0.25) is 0 Å². The Bertz CT molecular complexity index is 1300. The van der Waals surface area contributed by atoms with Crippen molar-refractivity contribution < 1.29 is 0 Å². The summed E-state index contributed by atoms with van der Waals surface area (Å²) >= 11 is 3.46. The average molecular weight is 482 g/mol. The van der Waals surface area contributed by atoms with E-state index >= 15 is 0 Å². The van der Waals surface area contributed by atoms with Crippen LogP contribution in [-0.2, 0) is 13.1 Å². The third kappa shape index (κ3) is 4.58. The highest BCUT2D eigenvalue weighted by Crippen LogP contribution is 2.19. The summed E-state index contributed by atoms with van der Waals surface area (Å²) in [7, 11) is 0. The first-order valence-corrected chi connectivity index (χ1v) is 11.1. The van der Waals surface area contributed by atoms with Crippen molar-refractivity contribution in [2.24, 2.45) is 5.73 Å². The van der Waals surface area contributed by atoms with E-state index in [1.165, 1.54) is 10.6 Å². The number of nitrogens with zero attached hydrogens (tertiary/aromatic N) is 4. The molecule has 0 amide bonds. The van der Waals surface area contributed by atoms with E-state index in [9.17, 15) is 9.59 Å². The molecular weight excluding hydrogens is 458 g/mol. The van der Waals surface area contributed by atoms with Gasteiger partial charge >= 0.3 is 5.69 Å². The van der Waals surface area contributed by atoms with E-state index in [-0.39, 0.29) is 30.4 Å². The van der Waals surface area contributed by atoms with Crippen molar-refractivity contribution in [2.75, 3.05) is 18.0 Å². The van der Waals surface area contributed by atoms with E-state index in [4.69, 9.17) is 5.73 Å². The third-order valence-electron chi connectivity index (χ3n) is 5.48. The summed E-state index contributed by atoms with van der Waals surface area (Å²) in [6.45, 7) is 3.43. The monoisotopic (exact) mass is 481 g/mol. The highest BCUT2D eigenvalue weighted by atomic mass is 79.9. The lowest BCUT2D eigenvalue weighted by molar-refractivity contribution is 0.491. The second kappa shape index (κ2) is 9.08. The fourth-order valence-electron chi connectivity index (χ4n) is 3.93. The fourth-order valence-corrected chi connectivity index (χ4v) is 4.30. The molecule has 2 aromatic heterocycles. The standard InChI is InChI=1S/C23H24BrN5O2/c1-2-3-11-28-21(27-10-4-5-18(25)14-27)13-22(30)29(23(28)31)15-19-8-6-16-12-17(24)7-9-20(16)26-19/h6-9,12-13,18H,4-5,10-11,14-15,25H2,1H3/t18-/m1/s1. The fraction of sp³-hybridized carbons (Fsp3) is 0.348. The van der Waals surface area contributed by atoms with Crippen LogP contribution in [0.3, 0.4) is 0 Å². The maximum atomic E-state index is 13.3. The van der Waals surface area contributed by atoms with Gasteiger partial charge in [-0.15, -0.1) is 5.92 Å². The van der Waals surface area contributed by atoms with E-state index < -0.39 is 0 Å². The SMILES string of the molecule is CC#CCn1c(N2CCC[C@@H](N)C2)cc(=O)n(Cc2ccc3cc(Br)ccc3n2)c1=O. The van der Waals surface area contributed by atoms with Crippen molar-refractivity contribution in [3.63, 3.8) is 0 Å². The number of halogens is 1. The summed E-state index contributed by atoms with van der Waals surface area (Å²) in [6, 6.07) is 11.1. The molecular formula is C23H24BrN5O2. The number of benzene rings is 1. The molecule has 0 spiro atoms. The van der Waals surface area contributed by atoms with Gasteiger partial charge in [-0.3, -0.25) is 18.9 Å². The molecule has 1 aromatic carbocycles. The number of nitrogens with two attached hydrogens (primary N) is 1. The molecule has 0 unspecified atom stereocenters. The van der Waals surface area contributed by atoms with Crippen molar-refractivity contribution >= 4 is 32.7 Å². The second-order valence-electron chi connectivity index (χ2n) is 7.71. The van der Waals surface area contributed by atoms with Crippen molar-refractivity contribution in [3.8, 4) is 11.8 Å². The highest BCUT2D eigenvalue weighted by Gasteiger charge is 2.22. The van der Waals surface area contributed by atoms with Gasteiger partial charge in [-0.25, -0.2) is 4.79 Å². The number of piperidine rings is 1. The first-order valence-electron chi connectivity index (χ1n) is 10.3. The Balaban J connectivity index is 1.75. The minimum atomic E-state index is -0.387. The zero-order chi connectivity index (χ0) is 22.0. The zero-order valence-corrected chi connectivity index (χ0v) is 18.9. The number of pyridine rings is 1. The maximum Gasteiger partial charge on any atom is 0.333 e. The summed E-state index contributed by atoms with van der Waals surface area (Å²) in [5.41, 5.74) is 6.85. The van der Waals surface area contributed by atoms with Gasteiger partial charge in [-0.2, -0.15) is 0 Å². The summed E-state index contributed by atoms with van der Waals surface area (Å²) in [5, 5.41) is 0.984. The molecule has 0 aliphatic carbocycles. The molecule has 0 bridgehead atoms. The van der Waals surface area contributed by atoms with Crippen LogP contribution in [0, 0.1) is 11.8 Å². The lowest BCUT2D eigenvalue weighted by Crippen LogP contribution is -2.48. The van der Waals surface area contributed by atoms with Gasteiger partial charge in [-0.05, 0) is 44.0 Å². The Kier molecular flexibility index (Phi) is 6.25. The molecule has 7 nitrogen and oxygen atoms in total. The van der Waals surface area contributed by atoms with E-state index in [1.807, 2.05) is 35.2 Å². The van der Waals surface area contributed by atoms with Crippen molar-refractivity contribution in [2.45, 2.75) is 38.9 Å².